The number of fused-ring (bicyclic) bond motifs is 1. The van der Waals surface area contributed by atoms with Crippen LogP contribution >= 0.6 is 0 Å². The van der Waals surface area contributed by atoms with E-state index in [2.05, 4.69) is 10.1 Å². The summed E-state index contributed by atoms with van der Waals surface area (Å²) in [5.41, 5.74) is 1.06. The van der Waals surface area contributed by atoms with Crippen molar-refractivity contribution in [1.82, 2.24) is 14.8 Å². The normalized spacial score (nSPS) is 17.0. The highest BCUT2D eigenvalue weighted by molar-refractivity contribution is 5.62. The minimum absolute atomic E-state index is 0.0615. The fourth-order valence-corrected chi connectivity index (χ4v) is 3.17. The first-order valence-electron chi connectivity index (χ1n) is 7.86. The third kappa shape index (κ3) is 2.75. The van der Waals surface area contributed by atoms with Gasteiger partial charge in [0.15, 0.2) is 0 Å². The Kier molecular flexibility index (Phi) is 3.52. The van der Waals surface area contributed by atoms with Crippen LogP contribution < -0.4 is 4.90 Å². The molecule has 0 N–H and O–H groups in total. The average molecular weight is 344 g/mol. The molecule has 7 heteroatoms. The van der Waals surface area contributed by atoms with Crippen LogP contribution in [0.15, 0.2) is 54.6 Å². The molecule has 2 aromatic carbocycles. The van der Waals surface area contributed by atoms with E-state index in [1.54, 1.807) is 11.6 Å². The van der Waals surface area contributed by atoms with Crippen LogP contribution in [0.4, 0.5) is 24.8 Å². The Morgan fingerprint density at radius 3 is 2.32 bits per heavy atom. The second kappa shape index (κ2) is 5.61. The highest BCUT2D eigenvalue weighted by Gasteiger charge is 2.35. The van der Waals surface area contributed by atoms with Crippen LogP contribution in [0.5, 0.6) is 0 Å². The average Bonchev–Trinajstić information content (AvgIpc) is 3.11. The van der Waals surface area contributed by atoms with Gasteiger partial charge in [0, 0.05) is 5.69 Å². The minimum atomic E-state index is -4.35. The number of nitrogens with zero attached hydrogens (tertiary/aromatic N) is 4. The van der Waals surface area contributed by atoms with Gasteiger partial charge in [-0.3, -0.25) is 0 Å². The Labute approximate surface area is 142 Å². The molecular weight excluding hydrogens is 329 g/mol. The summed E-state index contributed by atoms with van der Waals surface area (Å²) in [6, 6.07) is 14.9. The molecule has 1 atom stereocenters. The first-order chi connectivity index (χ1) is 11.9. The van der Waals surface area contributed by atoms with Gasteiger partial charge in [-0.1, -0.05) is 30.3 Å². The van der Waals surface area contributed by atoms with Gasteiger partial charge in [0.05, 0.1) is 18.2 Å². The molecule has 128 valence electrons. The van der Waals surface area contributed by atoms with Crippen molar-refractivity contribution in [3.8, 4) is 0 Å². The molecule has 25 heavy (non-hydrogen) atoms. The summed E-state index contributed by atoms with van der Waals surface area (Å²) in [4.78, 5) is 6.39. The molecule has 0 spiro atoms. The van der Waals surface area contributed by atoms with E-state index < -0.39 is 11.7 Å². The summed E-state index contributed by atoms with van der Waals surface area (Å²) < 4.78 is 40.3. The monoisotopic (exact) mass is 344 g/mol. The lowest BCUT2D eigenvalue weighted by molar-refractivity contribution is -0.137. The number of benzene rings is 2. The predicted octanol–water partition coefficient (Wildman–Crippen LogP) is 4.50. The summed E-state index contributed by atoms with van der Waals surface area (Å²) in [6.45, 7) is 2.40. The van der Waals surface area contributed by atoms with E-state index in [4.69, 9.17) is 0 Å². The molecule has 1 aromatic heterocycles. The van der Waals surface area contributed by atoms with Crippen LogP contribution in [0.2, 0.25) is 0 Å². The van der Waals surface area contributed by atoms with Crippen molar-refractivity contribution < 1.29 is 13.2 Å². The highest BCUT2D eigenvalue weighted by Crippen LogP contribution is 2.41. The molecule has 1 aliphatic heterocycles. The van der Waals surface area contributed by atoms with Crippen LogP contribution in [0.1, 0.15) is 23.0 Å². The maximum absolute atomic E-state index is 12.8. The van der Waals surface area contributed by atoms with Crippen LogP contribution in [-0.2, 0) is 12.7 Å². The first kappa shape index (κ1) is 15.7. The van der Waals surface area contributed by atoms with Crippen LogP contribution in [0.3, 0.4) is 0 Å². The zero-order valence-corrected chi connectivity index (χ0v) is 13.4. The quantitative estimate of drug-likeness (QED) is 0.686. The van der Waals surface area contributed by atoms with Crippen LogP contribution in [0.25, 0.3) is 0 Å². The lowest BCUT2D eigenvalue weighted by Gasteiger charge is -2.25. The lowest BCUT2D eigenvalue weighted by Crippen LogP contribution is -2.20. The Bertz CT molecular complexity index is 885. The van der Waals surface area contributed by atoms with Crippen molar-refractivity contribution in [2.24, 2.45) is 0 Å². The van der Waals surface area contributed by atoms with Crippen molar-refractivity contribution in [2.75, 3.05) is 4.90 Å². The van der Waals surface area contributed by atoms with E-state index in [1.807, 2.05) is 35.2 Å². The molecule has 0 radical (unpaired) electrons. The van der Waals surface area contributed by atoms with Gasteiger partial charge in [0.25, 0.3) is 0 Å². The topological polar surface area (TPSA) is 34.0 Å². The summed E-state index contributed by atoms with van der Waals surface area (Å²) in [5.74, 6) is 1.28. The second-order valence-corrected chi connectivity index (χ2v) is 5.98. The zero-order valence-electron chi connectivity index (χ0n) is 13.4. The number of aromatic nitrogens is 3. The van der Waals surface area contributed by atoms with E-state index >= 15 is 0 Å². The summed E-state index contributed by atoms with van der Waals surface area (Å²) in [5, 5.41) is 4.38. The summed E-state index contributed by atoms with van der Waals surface area (Å²) in [6.07, 6.45) is -4.35. The molecule has 0 aliphatic carbocycles. The Hall–Kier alpha value is -2.83. The minimum Gasteiger partial charge on any atom is -0.301 e. The Balaban J connectivity index is 1.77. The van der Waals surface area contributed by atoms with Gasteiger partial charge in [0.2, 0.25) is 5.95 Å². The molecule has 0 amide bonds. The largest absolute Gasteiger partial charge is 0.416 e. The van der Waals surface area contributed by atoms with Gasteiger partial charge in [-0.05, 0) is 36.8 Å². The fraction of sp³-hybridized carbons (Fsp3) is 0.222. The van der Waals surface area contributed by atoms with Crippen LogP contribution in [-0.4, -0.2) is 14.8 Å². The van der Waals surface area contributed by atoms with E-state index in [0.717, 1.165) is 17.7 Å². The molecule has 3 aromatic rings. The summed E-state index contributed by atoms with van der Waals surface area (Å²) in [7, 11) is 0. The van der Waals surface area contributed by atoms with Gasteiger partial charge in [-0.2, -0.15) is 23.3 Å². The molecule has 0 fully saturated rings. The van der Waals surface area contributed by atoms with Gasteiger partial charge in [-0.25, -0.2) is 4.68 Å². The number of rotatable bonds is 2. The molecule has 0 saturated heterocycles. The molecule has 4 rings (SSSR count). The zero-order chi connectivity index (χ0) is 17.6. The van der Waals surface area contributed by atoms with E-state index in [-0.39, 0.29) is 6.04 Å². The molecule has 1 aliphatic rings. The molecule has 4 nitrogen and oxygen atoms in total. The number of anilines is 2. The van der Waals surface area contributed by atoms with Crippen molar-refractivity contribution in [3.05, 3.63) is 71.5 Å². The predicted molar refractivity (Wildman–Crippen MR) is 87.5 cm³/mol. The van der Waals surface area contributed by atoms with Crippen molar-refractivity contribution in [2.45, 2.75) is 25.7 Å². The maximum Gasteiger partial charge on any atom is 0.416 e. The van der Waals surface area contributed by atoms with Crippen molar-refractivity contribution in [3.63, 3.8) is 0 Å². The van der Waals surface area contributed by atoms with E-state index in [9.17, 15) is 13.2 Å². The Morgan fingerprint density at radius 1 is 1.00 bits per heavy atom. The number of hydrogen-bond donors (Lipinski definition) is 0. The van der Waals surface area contributed by atoms with Crippen LogP contribution in [0, 0.1) is 6.92 Å². The Morgan fingerprint density at radius 2 is 1.68 bits per heavy atom. The maximum atomic E-state index is 12.8. The highest BCUT2D eigenvalue weighted by atomic mass is 19.4. The third-order valence-electron chi connectivity index (χ3n) is 4.29. The smallest absolute Gasteiger partial charge is 0.301 e. The van der Waals surface area contributed by atoms with Gasteiger partial charge < -0.3 is 4.90 Å². The third-order valence-corrected chi connectivity index (χ3v) is 4.29. The van der Waals surface area contributed by atoms with Crippen molar-refractivity contribution in [1.29, 1.82) is 0 Å². The van der Waals surface area contributed by atoms with Gasteiger partial charge >= 0.3 is 6.18 Å². The summed E-state index contributed by atoms with van der Waals surface area (Å²) >= 11 is 0. The molecule has 2 heterocycles. The van der Waals surface area contributed by atoms with E-state index in [0.29, 0.717) is 24.0 Å². The number of halogens is 3. The standard InChI is InChI=1S/C18H15F3N4/c1-12-22-17-24(23-12)11-16(13-5-3-2-4-6-13)25(17)15-9-7-14(8-10-15)18(19,20)21/h2-10,16H,11H2,1H3. The van der Waals surface area contributed by atoms with Gasteiger partial charge in [0.1, 0.15) is 5.82 Å². The fourth-order valence-electron chi connectivity index (χ4n) is 3.17. The number of alkyl halides is 3. The molecule has 0 bridgehead atoms. The second-order valence-electron chi connectivity index (χ2n) is 5.98. The first-order valence-corrected chi connectivity index (χ1v) is 7.86. The SMILES string of the molecule is Cc1nc2n(n1)CC(c1ccccc1)N2c1ccc(C(F)(F)F)cc1. The number of aryl methyl sites for hydroxylation is 1. The molecule has 0 saturated carbocycles. The molecule has 1 unspecified atom stereocenters. The van der Waals surface area contributed by atoms with Gasteiger partial charge in [-0.15, -0.1) is 0 Å². The van der Waals surface area contributed by atoms with E-state index in [1.165, 1.54) is 12.1 Å². The lowest BCUT2D eigenvalue weighted by atomic mass is 10.1. The van der Waals surface area contributed by atoms with Crippen molar-refractivity contribution >= 4 is 11.6 Å². The number of hydrogen-bond acceptors (Lipinski definition) is 3. The molecular formula is C18H15F3N4.